The number of alkyl halides is 3. The summed E-state index contributed by atoms with van der Waals surface area (Å²) in [5.41, 5.74) is 36.0. The number of fused-ring (bicyclic) bond motifs is 4. The van der Waals surface area contributed by atoms with Crippen molar-refractivity contribution >= 4 is 69.0 Å². The molecule has 0 spiro atoms. The molecule has 4 amide bonds. The summed E-state index contributed by atoms with van der Waals surface area (Å²) in [5.74, 6) is 26.9. The van der Waals surface area contributed by atoms with Gasteiger partial charge in [-0.15, -0.1) is 0 Å². The number of amides is 4. The standard InChI is InChI=1S/C27H23F3N6O2.C27H26N6O3.C26H23FN6O2.C26H24N6O2/c1-2-4-22(37)35-13-3-5-20(35)26-34-23(24-25(31)32-12-14-36(24)26)18-8-11-21(33-15-18)38-16-17-6-9-19(10-7-17)27(28,29)30;1-3-5-23(34)32-14-4-6-21(32)27-31-24(25-26(28)29-13-15-33(25)27)19-9-12-22(30-16-19)36-17-18-7-10-20(35-2)11-8-18;1-2-4-22(34)32-13-3-5-20(32)26-31-23(24-25(28)29-12-14-33(24)26)18-8-11-21(30-15-18)35-16-17-6-9-19(27)10-7-17;1-2-7-22(33)31-14-6-10-20(31)26-30-23(24-25(27)28-13-15-32(24)26)19-11-12-21(29-16-19)34-17-18-8-4-3-5-9-18/h6-12,14-15,20H,3,5,13,16H2,1H3,(H2,31,32);7-13,15-16,21H,4,6,14,17H2,1-2H3,(H2,28,29);6-12,14-15,20H,3,5,13,16H2,1H3,(H2,28,29);3-5,8-9,11-13,15-16,20H,6,10,14,17H2,1H3,(H2,27,28)/t20-;21-;2*20-/m0000/s1. The van der Waals surface area contributed by atoms with Crippen LogP contribution in [0, 0.1) is 53.2 Å². The van der Waals surface area contributed by atoms with E-state index in [4.69, 9.17) is 66.6 Å². The van der Waals surface area contributed by atoms with Gasteiger partial charge in [0, 0.05) is 147 Å². The molecule has 722 valence electrons. The molecule has 0 radical (unpaired) electrons. The molecule has 4 aromatic carbocycles. The number of rotatable bonds is 21. The summed E-state index contributed by atoms with van der Waals surface area (Å²) in [6.45, 7) is 10.3. The number of benzene rings is 4. The van der Waals surface area contributed by atoms with Gasteiger partial charge in [-0.05, 0) is 186 Å². The molecule has 20 rings (SSSR count). The largest absolute Gasteiger partial charge is 0.497 e. The zero-order valence-corrected chi connectivity index (χ0v) is 78.4. The second-order valence-electron chi connectivity index (χ2n) is 33.4. The first kappa shape index (κ1) is 96.7. The average Bonchev–Trinajstić information content (AvgIpc) is 1.62. The molecule has 4 aliphatic heterocycles. The average molecular weight is 1930 g/mol. The van der Waals surface area contributed by atoms with E-state index in [2.05, 4.69) is 87.2 Å². The third-order valence-corrected chi connectivity index (χ3v) is 24.4. The van der Waals surface area contributed by atoms with Crippen molar-refractivity contribution in [2.75, 3.05) is 56.2 Å². The van der Waals surface area contributed by atoms with Crippen LogP contribution in [0.2, 0.25) is 0 Å². The Morgan fingerprint density at radius 1 is 0.357 bits per heavy atom. The lowest BCUT2D eigenvalue weighted by Crippen LogP contribution is -2.30. The Morgan fingerprint density at radius 3 is 0.874 bits per heavy atom. The molecule has 0 unspecified atom stereocenters. The monoisotopic (exact) mass is 1920 g/mol. The number of hydrogen-bond acceptors (Lipinski definition) is 25. The first-order valence-electron chi connectivity index (χ1n) is 45.9. The van der Waals surface area contributed by atoms with Gasteiger partial charge in [-0.3, -0.25) is 36.8 Å². The Labute approximate surface area is 818 Å². The molecule has 0 aliphatic carbocycles. The van der Waals surface area contributed by atoms with Gasteiger partial charge in [0.05, 0.1) is 36.8 Å². The number of imidazole rings is 4. The third-order valence-electron chi connectivity index (χ3n) is 24.4. The SMILES string of the molecule is CC#CC(=O)N1CCC[C@H]1c1nc(-c2ccc(OCc3ccc(C(F)(F)F)cc3)nc2)c2c(N)nccn12.CC#CC(=O)N1CCC[C@H]1c1nc(-c2ccc(OCc3ccc(F)cc3)nc2)c2c(N)nccn12.CC#CC(=O)N1CCC[C@H]1c1nc(-c2ccc(OCc3ccc(OC)cc3)nc2)c2c(N)nccn12.CC#CC(=O)N1CCC[C@H]1c1nc(-c2ccc(OCc3ccccc3)nc2)c2c(N)nccn12. The number of methoxy groups -OCH3 is 1. The van der Waals surface area contributed by atoms with Crippen LogP contribution in [-0.4, -0.2) is 154 Å². The van der Waals surface area contributed by atoms with Crippen LogP contribution in [0.1, 0.15) is 154 Å². The van der Waals surface area contributed by atoms with E-state index in [-0.39, 0.29) is 72.6 Å². The summed E-state index contributed by atoms with van der Waals surface area (Å²) in [6.07, 6.45) is 22.6. The van der Waals surface area contributed by atoms with Gasteiger partial charge in [-0.2, -0.15) is 13.2 Å². The number of pyridine rings is 4. The Bertz CT molecular complexity index is 7620. The van der Waals surface area contributed by atoms with E-state index in [1.807, 2.05) is 109 Å². The Balaban J connectivity index is 0.000000131. The fraction of sp³-hybridized carbons (Fsp3) is 0.245. The van der Waals surface area contributed by atoms with E-state index in [0.717, 1.165) is 114 Å². The van der Waals surface area contributed by atoms with E-state index in [9.17, 15) is 36.7 Å². The number of hydrogen-bond donors (Lipinski definition) is 4. The molecule has 0 bridgehead atoms. The lowest BCUT2D eigenvalue weighted by molar-refractivity contribution is -0.137. The normalized spacial score (nSPS) is 15.2. The third kappa shape index (κ3) is 21.6. The van der Waals surface area contributed by atoms with Crippen molar-refractivity contribution in [2.24, 2.45) is 0 Å². The zero-order chi connectivity index (χ0) is 99.8. The van der Waals surface area contributed by atoms with Crippen LogP contribution < -0.4 is 46.6 Å². The van der Waals surface area contributed by atoms with Gasteiger partial charge in [0.2, 0.25) is 23.5 Å². The Hall–Kier alpha value is -18.0. The topological polar surface area (TPSA) is 404 Å². The van der Waals surface area contributed by atoms with E-state index in [0.29, 0.717) is 148 Å². The highest BCUT2D eigenvalue weighted by atomic mass is 19.4. The Kier molecular flexibility index (Phi) is 29.6. The van der Waals surface area contributed by atoms with Crippen LogP contribution in [0.5, 0.6) is 29.3 Å². The highest BCUT2D eigenvalue weighted by molar-refractivity contribution is 5.97. The van der Waals surface area contributed by atoms with E-state index in [1.165, 1.54) is 24.3 Å². The summed E-state index contributed by atoms with van der Waals surface area (Å²) in [6, 6.07) is 42.1. The van der Waals surface area contributed by atoms with Gasteiger partial charge < -0.3 is 66.2 Å². The second kappa shape index (κ2) is 43.8. The molecule has 12 aromatic heterocycles. The summed E-state index contributed by atoms with van der Waals surface area (Å²) in [7, 11) is 1.64. The number of nitrogens with zero attached hydrogens (tertiary/aromatic N) is 20. The number of aromatic nitrogens is 16. The van der Waals surface area contributed by atoms with Gasteiger partial charge in [0.25, 0.3) is 23.6 Å². The highest BCUT2D eigenvalue weighted by Gasteiger charge is 2.39. The summed E-state index contributed by atoms with van der Waals surface area (Å²) < 4.78 is 87.2. The summed E-state index contributed by atoms with van der Waals surface area (Å²) in [5, 5.41) is 0. The van der Waals surface area contributed by atoms with Gasteiger partial charge in [0.15, 0.2) is 0 Å². The van der Waals surface area contributed by atoms with E-state index >= 15 is 0 Å². The van der Waals surface area contributed by atoms with Gasteiger partial charge >= 0.3 is 6.18 Å². The molecule has 0 saturated carbocycles. The molecule has 143 heavy (non-hydrogen) atoms. The number of carbonyl (C=O) groups is 4. The van der Waals surface area contributed by atoms with Crippen LogP contribution in [0.4, 0.5) is 40.8 Å². The molecule has 4 aliphatic rings. The minimum Gasteiger partial charge on any atom is -0.497 e. The number of likely N-dealkylation sites (tertiary alicyclic amines) is 4. The zero-order valence-electron chi connectivity index (χ0n) is 78.4. The van der Waals surface area contributed by atoms with Crippen molar-refractivity contribution in [1.82, 2.24) is 97.0 Å². The quantitative estimate of drug-likeness (QED) is 0.0383. The number of nitrogen functional groups attached to an aromatic ring is 4. The second-order valence-corrected chi connectivity index (χ2v) is 33.4. The first-order valence-corrected chi connectivity index (χ1v) is 45.9. The predicted molar refractivity (Wildman–Crippen MR) is 526 cm³/mol. The highest BCUT2D eigenvalue weighted by Crippen LogP contribution is 2.43. The number of anilines is 4. The maximum Gasteiger partial charge on any atom is 0.416 e. The van der Waals surface area contributed by atoms with Crippen molar-refractivity contribution in [3.63, 3.8) is 0 Å². The van der Waals surface area contributed by atoms with Crippen molar-refractivity contribution in [1.29, 1.82) is 0 Å². The number of ether oxygens (including phenoxy) is 5. The van der Waals surface area contributed by atoms with Crippen molar-refractivity contribution < 1.29 is 60.4 Å². The summed E-state index contributed by atoms with van der Waals surface area (Å²) in [4.78, 5) is 112. The number of nitrogens with two attached hydrogens (primary N) is 4. The molecule has 16 heterocycles. The molecule has 4 fully saturated rings. The maximum absolute atomic E-state index is 13.1. The molecule has 4 atom stereocenters. The van der Waals surface area contributed by atoms with E-state index in [1.54, 1.807) is 153 Å². The molecule has 37 heteroatoms. The molecule has 16 aromatic rings. The van der Waals surface area contributed by atoms with Gasteiger partial charge in [-0.1, -0.05) is 90.4 Å². The molecule has 8 N–H and O–H groups in total. The minimum absolute atomic E-state index is 0.0606. The van der Waals surface area contributed by atoms with Crippen molar-refractivity contribution in [2.45, 2.75) is 136 Å². The maximum atomic E-state index is 13.1. The van der Waals surface area contributed by atoms with Crippen LogP contribution in [0.15, 0.2) is 226 Å². The molecule has 33 nitrogen and oxygen atoms in total. The summed E-state index contributed by atoms with van der Waals surface area (Å²) >= 11 is 0. The van der Waals surface area contributed by atoms with Crippen molar-refractivity contribution in [3.05, 3.63) is 283 Å². The number of carbonyl (C=O) groups excluding carboxylic acids is 4. The van der Waals surface area contributed by atoms with E-state index < -0.39 is 11.7 Å². The number of halogens is 4. The van der Waals surface area contributed by atoms with Gasteiger partial charge in [-0.25, -0.2) is 64.2 Å². The first-order chi connectivity index (χ1) is 69.5. The van der Waals surface area contributed by atoms with Crippen LogP contribution >= 0.6 is 0 Å². The van der Waals surface area contributed by atoms with Crippen LogP contribution in [0.3, 0.4) is 0 Å². The lowest BCUT2D eigenvalue weighted by atomic mass is 10.1. The Morgan fingerprint density at radius 2 is 0.622 bits per heavy atom. The molecule has 4 saturated heterocycles. The van der Waals surface area contributed by atoms with Crippen LogP contribution in [-0.2, 0) is 51.8 Å². The van der Waals surface area contributed by atoms with Crippen molar-refractivity contribution in [3.8, 4) is 122 Å². The minimum atomic E-state index is -4.39. The van der Waals surface area contributed by atoms with Crippen LogP contribution in [0.25, 0.3) is 67.1 Å². The van der Waals surface area contributed by atoms with Gasteiger partial charge in [0.1, 0.15) is 129 Å². The fourth-order valence-electron chi connectivity index (χ4n) is 17.6. The lowest BCUT2D eigenvalue weighted by Gasteiger charge is -2.21. The molecular weight excluding hydrogens is 1830 g/mol. The molecular formula is C106H96F4N24O9. The fourth-order valence-corrected chi connectivity index (χ4v) is 17.6. The smallest absolute Gasteiger partial charge is 0.416 e. The predicted octanol–water partition coefficient (Wildman–Crippen LogP) is 15.7.